The lowest BCUT2D eigenvalue weighted by Crippen LogP contribution is -2.49. The molecule has 0 aromatic heterocycles. The normalized spacial score (nSPS) is 13.2. The molecule has 5 rings (SSSR count). The summed E-state index contributed by atoms with van der Waals surface area (Å²) < 4.78 is 5.80. The van der Waals surface area contributed by atoms with Crippen molar-refractivity contribution >= 4 is 34.8 Å². The second kappa shape index (κ2) is 12.0. The molecule has 6 nitrogen and oxygen atoms in total. The quantitative estimate of drug-likeness (QED) is 0.293. The molecule has 0 atom stereocenters. The Morgan fingerprint density at radius 1 is 0.846 bits per heavy atom. The first-order valence-electron chi connectivity index (χ1n) is 13.0. The van der Waals surface area contributed by atoms with Gasteiger partial charge in [-0.3, -0.25) is 9.59 Å². The van der Waals surface area contributed by atoms with Crippen LogP contribution in [-0.4, -0.2) is 42.9 Å². The maximum absolute atomic E-state index is 12.9. The molecule has 0 unspecified atom stereocenters. The van der Waals surface area contributed by atoms with Crippen LogP contribution in [0.2, 0.25) is 5.02 Å². The van der Waals surface area contributed by atoms with E-state index in [1.54, 1.807) is 30.3 Å². The van der Waals surface area contributed by atoms with Gasteiger partial charge in [0.05, 0.1) is 10.7 Å². The van der Waals surface area contributed by atoms with Crippen LogP contribution in [0.4, 0.5) is 11.4 Å². The molecule has 0 bridgehead atoms. The van der Waals surface area contributed by atoms with E-state index in [-0.39, 0.29) is 11.8 Å². The Labute approximate surface area is 233 Å². The number of hydrogen-bond acceptors (Lipinski definition) is 4. The lowest BCUT2D eigenvalue weighted by molar-refractivity contribution is 0.0746. The average molecular weight is 540 g/mol. The zero-order chi connectivity index (χ0) is 27.2. The summed E-state index contributed by atoms with van der Waals surface area (Å²) in [6.45, 7) is 5.03. The van der Waals surface area contributed by atoms with Crippen LogP contribution in [0.25, 0.3) is 0 Å². The number of halogens is 1. The van der Waals surface area contributed by atoms with Crippen LogP contribution in [0.1, 0.15) is 31.8 Å². The van der Waals surface area contributed by atoms with Gasteiger partial charge in [0.15, 0.2) is 0 Å². The van der Waals surface area contributed by atoms with Crippen LogP contribution < -0.4 is 15.0 Å². The van der Waals surface area contributed by atoms with Crippen molar-refractivity contribution in [1.29, 1.82) is 0 Å². The van der Waals surface area contributed by atoms with Gasteiger partial charge in [-0.2, -0.15) is 0 Å². The molecule has 39 heavy (non-hydrogen) atoms. The lowest BCUT2D eigenvalue weighted by Gasteiger charge is -2.36. The van der Waals surface area contributed by atoms with Crippen molar-refractivity contribution in [3.8, 4) is 5.75 Å². The first-order chi connectivity index (χ1) is 19.0. The Balaban J connectivity index is 1.15. The van der Waals surface area contributed by atoms with Crippen LogP contribution in [0.3, 0.4) is 0 Å². The monoisotopic (exact) mass is 539 g/mol. The number of piperazine rings is 1. The Morgan fingerprint density at radius 3 is 2.23 bits per heavy atom. The summed E-state index contributed by atoms with van der Waals surface area (Å²) in [6, 6.07) is 30.2. The molecule has 0 radical (unpaired) electrons. The average Bonchev–Trinajstić information content (AvgIpc) is 2.97. The molecular weight excluding hydrogens is 510 g/mol. The first kappa shape index (κ1) is 26.3. The number of nitrogens with one attached hydrogen (secondary N) is 1. The largest absolute Gasteiger partial charge is 0.489 e. The number of benzene rings is 4. The molecular formula is C32H30ClN3O3. The summed E-state index contributed by atoms with van der Waals surface area (Å²) >= 11 is 6.62. The molecule has 1 fully saturated rings. The fourth-order valence-electron chi connectivity index (χ4n) is 4.62. The molecule has 0 saturated carbocycles. The molecule has 1 N–H and O–H groups in total. The molecule has 198 valence electrons. The third-order valence-electron chi connectivity index (χ3n) is 6.85. The smallest absolute Gasteiger partial charge is 0.255 e. The van der Waals surface area contributed by atoms with Gasteiger partial charge in [0.1, 0.15) is 12.4 Å². The van der Waals surface area contributed by atoms with E-state index in [9.17, 15) is 9.59 Å². The maximum atomic E-state index is 12.9. The number of aryl methyl sites for hydroxylation is 1. The van der Waals surface area contributed by atoms with Crippen molar-refractivity contribution in [2.75, 3.05) is 36.4 Å². The van der Waals surface area contributed by atoms with Gasteiger partial charge >= 0.3 is 0 Å². The van der Waals surface area contributed by atoms with E-state index in [0.29, 0.717) is 54.8 Å². The molecule has 0 aliphatic carbocycles. The summed E-state index contributed by atoms with van der Waals surface area (Å²) in [4.78, 5) is 29.8. The number of hydrogen-bond donors (Lipinski definition) is 1. The molecule has 7 heteroatoms. The third-order valence-corrected chi connectivity index (χ3v) is 7.16. The predicted octanol–water partition coefficient (Wildman–Crippen LogP) is 6.44. The van der Waals surface area contributed by atoms with Crippen molar-refractivity contribution in [2.24, 2.45) is 0 Å². The van der Waals surface area contributed by atoms with Gasteiger partial charge in [-0.25, -0.2) is 0 Å². The highest BCUT2D eigenvalue weighted by Gasteiger charge is 2.24. The molecule has 4 aromatic carbocycles. The minimum Gasteiger partial charge on any atom is -0.489 e. The van der Waals surface area contributed by atoms with Gasteiger partial charge in [-0.15, -0.1) is 0 Å². The van der Waals surface area contributed by atoms with Gasteiger partial charge < -0.3 is 19.9 Å². The van der Waals surface area contributed by atoms with E-state index in [1.807, 2.05) is 78.6 Å². The van der Waals surface area contributed by atoms with E-state index in [1.165, 1.54) is 0 Å². The third kappa shape index (κ3) is 6.41. The van der Waals surface area contributed by atoms with E-state index in [0.717, 1.165) is 22.4 Å². The Hall–Kier alpha value is -4.29. The molecule has 2 amide bonds. The fraction of sp³-hybridized carbons (Fsp3) is 0.188. The van der Waals surface area contributed by atoms with Gasteiger partial charge in [-0.1, -0.05) is 60.1 Å². The molecule has 0 spiro atoms. The zero-order valence-corrected chi connectivity index (χ0v) is 22.5. The van der Waals surface area contributed by atoms with Gasteiger partial charge in [0.25, 0.3) is 11.8 Å². The van der Waals surface area contributed by atoms with E-state index in [2.05, 4.69) is 10.2 Å². The molecule has 1 heterocycles. The van der Waals surface area contributed by atoms with Crippen molar-refractivity contribution < 1.29 is 14.3 Å². The summed E-state index contributed by atoms with van der Waals surface area (Å²) in [5.41, 5.74) is 4.84. The number of carbonyl (C=O) groups is 2. The van der Waals surface area contributed by atoms with Crippen LogP contribution >= 0.6 is 11.6 Å². The highest BCUT2D eigenvalue weighted by molar-refractivity contribution is 6.33. The minimum atomic E-state index is -0.225. The zero-order valence-electron chi connectivity index (χ0n) is 21.8. The van der Waals surface area contributed by atoms with Crippen LogP contribution in [0.5, 0.6) is 5.75 Å². The van der Waals surface area contributed by atoms with E-state index < -0.39 is 0 Å². The van der Waals surface area contributed by atoms with Crippen molar-refractivity contribution in [1.82, 2.24) is 4.90 Å². The van der Waals surface area contributed by atoms with E-state index in [4.69, 9.17) is 16.3 Å². The van der Waals surface area contributed by atoms with Crippen LogP contribution in [-0.2, 0) is 6.61 Å². The number of anilines is 2. The van der Waals surface area contributed by atoms with Crippen molar-refractivity contribution in [3.05, 3.63) is 124 Å². The number of carbonyl (C=O) groups excluding carboxylic acids is 2. The standard InChI is InChI=1S/C32H30ClN3O3/c1-23-7-5-6-10-28(23)32(38)36-19-17-35(18-20-36)30-16-13-26(21-29(30)33)34-31(37)25-11-14-27(15-12-25)39-22-24-8-3-2-4-9-24/h2-16,21H,17-20,22H2,1H3,(H,34,37). The van der Waals surface area contributed by atoms with Gasteiger partial charge in [-0.05, 0) is 66.6 Å². The molecule has 4 aromatic rings. The number of nitrogens with zero attached hydrogens (tertiary/aromatic N) is 2. The predicted molar refractivity (Wildman–Crippen MR) is 156 cm³/mol. The van der Waals surface area contributed by atoms with Crippen molar-refractivity contribution in [2.45, 2.75) is 13.5 Å². The number of amides is 2. The maximum Gasteiger partial charge on any atom is 0.255 e. The number of rotatable bonds is 7. The fourth-order valence-corrected chi connectivity index (χ4v) is 4.92. The SMILES string of the molecule is Cc1ccccc1C(=O)N1CCN(c2ccc(NC(=O)c3ccc(OCc4ccccc4)cc3)cc2Cl)CC1. The summed E-state index contributed by atoms with van der Waals surface area (Å²) in [7, 11) is 0. The summed E-state index contributed by atoms with van der Waals surface area (Å²) in [6.07, 6.45) is 0. The van der Waals surface area contributed by atoms with Gasteiger partial charge in [0.2, 0.25) is 0 Å². The second-order valence-corrected chi connectivity index (χ2v) is 9.92. The summed E-state index contributed by atoms with van der Waals surface area (Å²) in [5, 5.41) is 3.47. The van der Waals surface area contributed by atoms with Crippen LogP contribution in [0.15, 0.2) is 97.1 Å². The molecule has 1 aliphatic rings. The Kier molecular flexibility index (Phi) is 8.13. The van der Waals surface area contributed by atoms with Crippen LogP contribution in [0, 0.1) is 6.92 Å². The Bertz CT molecular complexity index is 1450. The highest BCUT2D eigenvalue weighted by atomic mass is 35.5. The van der Waals surface area contributed by atoms with Crippen molar-refractivity contribution in [3.63, 3.8) is 0 Å². The topological polar surface area (TPSA) is 61.9 Å². The molecule has 1 saturated heterocycles. The van der Waals surface area contributed by atoms with E-state index >= 15 is 0 Å². The highest BCUT2D eigenvalue weighted by Crippen LogP contribution is 2.30. The lowest BCUT2D eigenvalue weighted by atomic mass is 10.1. The van der Waals surface area contributed by atoms with Gasteiger partial charge in [0, 0.05) is 43.0 Å². The Morgan fingerprint density at radius 2 is 1.54 bits per heavy atom. The molecule has 1 aliphatic heterocycles. The second-order valence-electron chi connectivity index (χ2n) is 9.51. The minimum absolute atomic E-state index is 0.0627. The number of ether oxygens (including phenoxy) is 1. The first-order valence-corrected chi connectivity index (χ1v) is 13.3. The summed E-state index contributed by atoms with van der Waals surface area (Å²) in [5.74, 6) is 0.535.